The Kier molecular flexibility index (Phi) is 6.57. The topological polar surface area (TPSA) is 162 Å². The third kappa shape index (κ3) is 4.55. The Bertz CT molecular complexity index is 1670. The lowest BCUT2D eigenvalue weighted by atomic mass is 9.99. The molecule has 1 aromatic heterocycles. The van der Waals surface area contributed by atoms with Crippen LogP contribution < -0.4 is 10.0 Å². The number of aromatic nitrogens is 1. The number of carbonyl (C=O) groups is 2. The van der Waals surface area contributed by atoms with Gasteiger partial charge in [0, 0.05) is 12.1 Å². The van der Waals surface area contributed by atoms with Gasteiger partial charge in [-0.3, -0.25) is 4.79 Å². The zero-order valence-corrected chi connectivity index (χ0v) is 20.0. The molecule has 11 heteroatoms. The number of carboxylic acid groups (broad SMARTS) is 1. The van der Waals surface area contributed by atoms with E-state index in [1.165, 1.54) is 24.3 Å². The van der Waals surface area contributed by atoms with Crippen LogP contribution in [0.2, 0.25) is 0 Å². The number of nitrogens with one attached hydrogen (secondary N) is 2. The number of carbonyl (C=O) groups excluding carboxylic acids is 1. The predicted octanol–water partition coefficient (Wildman–Crippen LogP) is 3.92. The van der Waals surface area contributed by atoms with Crippen LogP contribution >= 0.6 is 0 Å². The van der Waals surface area contributed by atoms with Crippen molar-refractivity contribution in [3.8, 4) is 17.2 Å². The van der Waals surface area contributed by atoms with Crippen LogP contribution in [0.25, 0.3) is 22.1 Å². The van der Waals surface area contributed by atoms with Gasteiger partial charge in [0.1, 0.15) is 0 Å². The monoisotopic (exact) mass is 504 g/mol. The van der Waals surface area contributed by atoms with Crippen molar-refractivity contribution >= 4 is 38.6 Å². The summed E-state index contributed by atoms with van der Waals surface area (Å²) in [5.41, 5.74) is 1.60. The van der Waals surface area contributed by atoms with Crippen LogP contribution in [0, 0.1) is 18.3 Å². The van der Waals surface area contributed by atoms with Crippen molar-refractivity contribution in [1.29, 1.82) is 5.26 Å². The van der Waals surface area contributed by atoms with E-state index >= 15 is 0 Å². The predicted molar refractivity (Wildman–Crippen MR) is 131 cm³/mol. The summed E-state index contributed by atoms with van der Waals surface area (Å²) < 4.78 is 34.0. The molecule has 0 atom stereocenters. The lowest BCUT2D eigenvalue weighted by Gasteiger charge is -2.13. The van der Waals surface area contributed by atoms with Crippen molar-refractivity contribution in [3.05, 3.63) is 77.0 Å². The Balaban J connectivity index is 1.85. The molecule has 0 aliphatic heterocycles. The summed E-state index contributed by atoms with van der Waals surface area (Å²) in [6.07, 6.45) is 0. The molecule has 0 radical (unpaired) electrons. The first-order valence-electron chi connectivity index (χ1n) is 10.7. The molecule has 0 aliphatic carbocycles. The van der Waals surface area contributed by atoms with Crippen molar-refractivity contribution in [2.24, 2.45) is 0 Å². The minimum absolute atomic E-state index is 0.0559. The molecule has 0 unspecified atom stereocenters. The van der Waals surface area contributed by atoms with Gasteiger partial charge in [0.05, 0.1) is 33.2 Å². The molecule has 0 saturated heterocycles. The lowest BCUT2D eigenvalue weighted by Crippen LogP contribution is -2.24. The molecule has 0 fully saturated rings. The largest absolute Gasteiger partial charge is 0.478 e. The van der Waals surface area contributed by atoms with Crippen molar-refractivity contribution in [2.75, 3.05) is 11.9 Å². The van der Waals surface area contributed by atoms with E-state index in [9.17, 15) is 23.1 Å². The van der Waals surface area contributed by atoms with Crippen molar-refractivity contribution in [3.63, 3.8) is 0 Å². The summed E-state index contributed by atoms with van der Waals surface area (Å²) in [5, 5.41) is 24.9. The number of hydrogen-bond acceptors (Lipinski definition) is 7. The first kappa shape index (κ1) is 24.6. The number of amides is 1. The van der Waals surface area contributed by atoms with Gasteiger partial charge in [-0.1, -0.05) is 36.3 Å². The number of sulfonamides is 1. The smallest absolute Gasteiger partial charge is 0.337 e. The number of nitrogens with zero attached hydrogens (tertiary/aromatic N) is 2. The summed E-state index contributed by atoms with van der Waals surface area (Å²) in [7, 11) is -3.96. The summed E-state index contributed by atoms with van der Waals surface area (Å²) >= 11 is 0. The standard InChI is InChI=1S/C25H20N4O6S/c1-3-27-36(33,34)22-12-19-21(11-17(22)16-7-5-4-6-14(16)2)35-29-23(19)24(30)28-20-9-8-15(13-26)10-18(20)25(31)32/h4-12,27H,3H2,1-2H3,(H,28,30)(H,31,32). The van der Waals surface area contributed by atoms with Gasteiger partial charge in [-0.2, -0.15) is 5.26 Å². The van der Waals surface area contributed by atoms with Gasteiger partial charge in [0.15, 0.2) is 11.3 Å². The zero-order chi connectivity index (χ0) is 26.0. The number of nitriles is 1. The van der Waals surface area contributed by atoms with Crippen LogP contribution in [0.1, 0.15) is 38.9 Å². The van der Waals surface area contributed by atoms with Crippen molar-refractivity contribution < 1.29 is 27.6 Å². The molecule has 0 bridgehead atoms. The highest BCUT2D eigenvalue weighted by Gasteiger charge is 2.26. The molecule has 0 saturated carbocycles. The number of hydrogen-bond donors (Lipinski definition) is 3. The average molecular weight is 505 g/mol. The third-order valence-corrected chi connectivity index (χ3v) is 7.06. The number of aryl methyl sites for hydroxylation is 1. The lowest BCUT2D eigenvalue weighted by molar-refractivity contribution is 0.0698. The van der Waals surface area contributed by atoms with Crippen LogP contribution in [-0.2, 0) is 10.0 Å². The molecule has 10 nitrogen and oxygen atoms in total. The Morgan fingerprint density at radius 2 is 1.86 bits per heavy atom. The van der Waals surface area contributed by atoms with E-state index in [0.29, 0.717) is 11.1 Å². The number of rotatable bonds is 7. The van der Waals surface area contributed by atoms with E-state index < -0.39 is 21.9 Å². The van der Waals surface area contributed by atoms with Gasteiger partial charge in [-0.15, -0.1) is 0 Å². The van der Waals surface area contributed by atoms with Crippen LogP contribution in [0.15, 0.2) is 64.0 Å². The van der Waals surface area contributed by atoms with Gasteiger partial charge in [0.25, 0.3) is 5.91 Å². The van der Waals surface area contributed by atoms with E-state index in [-0.39, 0.29) is 44.9 Å². The third-order valence-electron chi connectivity index (χ3n) is 5.47. The highest BCUT2D eigenvalue weighted by atomic mass is 32.2. The minimum Gasteiger partial charge on any atom is -0.478 e. The molecule has 0 spiro atoms. The molecule has 1 heterocycles. The Hall–Kier alpha value is -4.53. The quantitative estimate of drug-likeness (QED) is 0.341. The average Bonchev–Trinajstić information content (AvgIpc) is 3.27. The highest BCUT2D eigenvalue weighted by Crippen LogP contribution is 2.35. The van der Waals surface area contributed by atoms with Gasteiger partial charge in [0.2, 0.25) is 10.0 Å². The molecule has 1 amide bonds. The molecular formula is C25H20N4O6S. The van der Waals surface area contributed by atoms with E-state index in [2.05, 4.69) is 15.2 Å². The highest BCUT2D eigenvalue weighted by molar-refractivity contribution is 7.89. The minimum atomic E-state index is -3.96. The first-order chi connectivity index (χ1) is 17.2. The fourth-order valence-corrected chi connectivity index (χ4v) is 5.05. The van der Waals surface area contributed by atoms with Crippen LogP contribution in [0.5, 0.6) is 0 Å². The number of anilines is 1. The summed E-state index contributed by atoms with van der Waals surface area (Å²) in [6, 6.07) is 15.7. The summed E-state index contributed by atoms with van der Waals surface area (Å²) in [5.74, 6) is -2.15. The second-order valence-corrected chi connectivity index (χ2v) is 9.56. The van der Waals surface area contributed by atoms with Crippen molar-refractivity contribution in [2.45, 2.75) is 18.7 Å². The maximum atomic E-state index is 13.1. The molecule has 3 N–H and O–H groups in total. The van der Waals surface area contributed by atoms with E-state index in [1.807, 2.05) is 25.1 Å². The molecule has 4 rings (SSSR count). The van der Waals surface area contributed by atoms with Crippen LogP contribution in [0.4, 0.5) is 5.69 Å². The molecular weight excluding hydrogens is 484 g/mol. The zero-order valence-electron chi connectivity index (χ0n) is 19.2. The molecule has 182 valence electrons. The number of carboxylic acids is 1. The van der Waals surface area contributed by atoms with E-state index in [0.717, 1.165) is 11.6 Å². The molecule has 0 aliphatic rings. The van der Waals surface area contributed by atoms with Gasteiger partial charge in [-0.05, 0) is 48.4 Å². The normalized spacial score (nSPS) is 11.2. The maximum absolute atomic E-state index is 13.1. The summed E-state index contributed by atoms with van der Waals surface area (Å²) in [4.78, 5) is 24.6. The van der Waals surface area contributed by atoms with E-state index in [4.69, 9.17) is 9.78 Å². The molecule has 3 aromatic carbocycles. The number of aromatic carboxylic acids is 1. The fourth-order valence-electron chi connectivity index (χ4n) is 3.79. The Morgan fingerprint density at radius 1 is 1.11 bits per heavy atom. The molecule has 36 heavy (non-hydrogen) atoms. The Morgan fingerprint density at radius 3 is 2.53 bits per heavy atom. The van der Waals surface area contributed by atoms with Crippen molar-refractivity contribution in [1.82, 2.24) is 9.88 Å². The van der Waals surface area contributed by atoms with Gasteiger partial charge < -0.3 is 14.9 Å². The van der Waals surface area contributed by atoms with E-state index in [1.54, 1.807) is 19.1 Å². The second-order valence-electron chi connectivity index (χ2n) is 7.82. The first-order valence-corrected chi connectivity index (χ1v) is 12.2. The number of fused-ring (bicyclic) bond motifs is 1. The van der Waals surface area contributed by atoms with Gasteiger partial charge in [-0.25, -0.2) is 17.9 Å². The maximum Gasteiger partial charge on any atom is 0.337 e. The van der Waals surface area contributed by atoms with Crippen LogP contribution in [0.3, 0.4) is 0 Å². The SMILES string of the molecule is CCNS(=O)(=O)c1cc2c(C(=O)Nc3ccc(C#N)cc3C(=O)O)noc2cc1-c1ccccc1C. The summed E-state index contributed by atoms with van der Waals surface area (Å²) in [6.45, 7) is 3.65. The van der Waals surface area contributed by atoms with Crippen LogP contribution in [-0.4, -0.2) is 37.1 Å². The van der Waals surface area contributed by atoms with Gasteiger partial charge >= 0.3 is 5.97 Å². The fraction of sp³-hybridized carbons (Fsp3) is 0.120. The Labute approximate surface area is 206 Å². The second kappa shape index (κ2) is 9.61. The molecule has 4 aromatic rings. The number of benzene rings is 3.